The molecule has 2 aliphatic rings. The fraction of sp³-hybridized carbons (Fsp3) is 0.929. The molecule has 94 valence electrons. The summed E-state index contributed by atoms with van der Waals surface area (Å²) < 4.78 is 0. The monoisotopic (exact) mass is 225 g/mol. The zero-order chi connectivity index (χ0) is 12.0. The molecule has 0 N–H and O–H groups in total. The smallest absolute Gasteiger partial charge is 0.123 e. The highest BCUT2D eigenvalue weighted by Gasteiger charge is 2.32. The van der Waals surface area contributed by atoms with Crippen molar-refractivity contribution in [2.75, 3.05) is 13.6 Å². The summed E-state index contributed by atoms with van der Waals surface area (Å²) in [5.41, 5.74) is 0. The normalized spacial score (nSPS) is 35.3. The molecular weight excluding hydrogens is 198 g/mol. The van der Waals surface area contributed by atoms with Gasteiger partial charge in [-0.1, -0.05) is 13.8 Å². The topological polar surface area (TPSA) is 20.3 Å². The Hall–Kier alpha value is -0.370. The maximum atomic E-state index is 10.6. The first-order valence-corrected chi connectivity index (χ1v) is 6.97. The van der Waals surface area contributed by atoms with E-state index in [2.05, 4.69) is 11.9 Å². The first-order valence-electron chi connectivity index (χ1n) is 6.97. The molecule has 2 nitrogen and oxygen atoms in total. The molecule has 1 saturated heterocycles. The highest BCUT2D eigenvalue weighted by atomic mass is 16.1. The Morgan fingerprint density at radius 3 is 2.12 bits per heavy atom. The Morgan fingerprint density at radius 1 is 1.06 bits per heavy atom. The van der Waals surface area contributed by atoms with Crippen molar-refractivity contribution in [3.8, 4) is 0 Å². The molecule has 0 amide bonds. The van der Waals surface area contributed by atoms with E-state index in [1.165, 1.54) is 32.2 Å². The average molecular weight is 225 g/mol. The van der Waals surface area contributed by atoms with Crippen LogP contribution in [0.4, 0.5) is 0 Å². The minimum Gasteiger partial charge on any atom is -0.303 e. The fourth-order valence-electron chi connectivity index (χ4n) is 3.20. The number of carbonyl (C=O) groups excluding carboxylic acids is 1. The van der Waals surface area contributed by atoms with Gasteiger partial charge in [0.05, 0.1) is 0 Å². The molecule has 1 heterocycles. The van der Waals surface area contributed by atoms with Crippen LogP contribution in [-0.2, 0) is 4.79 Å². The molecular formula is C14H27NO. The van der Waals surface area contributed by atoms with E-state index in [9.17, 15) is 4.79 Å². The Labute approximate surface area is 100 Å². The molecule has 2 fully saturated rings. The van der Waals surface area contributed by atoms with Crippen LogP contribution in [0.3, 0.4) is 0 Å². The lowest BCUT2D eigenvalue weighted by Crippen LogP contribution is -2.34. The third-order valence-corrected chi connectivity index (χ3v) is 4.13. The van der Waals surface area contributed by atoms with Crippen LogP contribution in [0.2, 0.25) is 0 Å². The van der Waals surface area contributed by atoms with Crippen LogP contribution in [-0.4, -0.2) is 30.8 Å². The van der Waals surface area contributed by atoms with Crippen molar-refractivity contribution in [1.82, 2.24) is 4.90 Å². The van der Waals surface area contributed by atoms with Crippen molar-refractivity contribution in [3.63, 3.8) is 0 Å². The molecule has 0 bridgehead atoms. The Balaban J connectivity index is 0.000000606. The highest BCUT2D eigenvalue weighted by Crippen LogP contribution is 2.35. The van der Waals surface area contributed by atoms with Gasteiger partial charge in [-0.05, 0) is 58.0 Å². The van der Waals surface area contributed by atoms with Gasteiger partial charge in [-0.3, -0.25) is 0 Å². The molecule has 1 unspecified atom stereocenters. The molecule has 0 aromatic carbocycles. The van der Waals surface area contributed by atoms with Gasteiger partial charge in [0.1, 0.15) is 6.29 Å². The van der Waals surface area contributed by atoms with Crippen LogP contribution in [0.15, 0.2) is 0 Å². The molecule has 2 heteroatoms. The van der Waals surface area contributed by atoms with Crippen molar-refractivity contribution in [3.05, 3.63) is 0 Å². The second-order valence-corrected chi connectivity index (χ2v) is 5.00. The Bertz CT molecular complexity index is 197. The van der Waals surface area contributed by atoms with Gasteiger partial charge in [-0.25, -0.2) is 0 Å². The zero-order valence-electron chi connectivity index (χ0n) is 11.1. The lowest BCUT2D eigenvalue weighted by molar-refractivity contribution is -0.112. The number of hydrogen-bond acceptors (Lipinski definition) is 2. The number of nitrogens with zero attached hydrogens (tertiary/aromatic N) is 1. The molecule has 16 heavy (non-hydrogen) atoms. The van der Waals surface area contributed by atoms with Crippen LogP contribution < -0.4 is 0 Å². The van der Waals surface area contributed by atoms with Crippen molar-refractivity contribution >= 4 is 6.29 Å². The SMILES string of the molecule is CC.CN1CCCC1C1CCC(C=O)CC1. The predicted octanol–water partition coefficient (Wildman–Crippen LogP) is 3.11. The third kappa shape index (κ3) is 3.31. The van der Waals surface area contributed by atoms with Gasteiger partial charge < -0.3 is 9.69 Å². The van der Waals surface area contributed by atoms with E-state index in [0.717, 1.165) is 31.1 Å². The second kappa shape index (κ2) is 7.05. The van der Waals surface area contributed by atoms with Gasteiger partial charge in [-0.2, -0.15) is 0 Å². The second-order valence-electron chi connectivity index (χ2n) is 5.00. The molecule has 1 aliphatic carbocycles. The molecule has 1 atom stereocenters. The zero-order valence-corrected chi connectivity index (χ0v) is 11.1. The van der Waals surface area contributed by atoms with Crippen molar-refractivity contribution in [2.24, 2.45) is 11.8 Å². The van der Waals surface area contributed by atoms with E-state index in [4.69, 9.17) is 0 Å². The van der Waals surface area contributed by atoms with E-state index in [0.29, 0.717) is 5.92 Å². The summed E-state index contributed by atoms with van der Waals surface area (Å²) in [6.45, 7) is 5.28. The summed E-state index contributed by atoms with van der Waals surface area (Å²) in [5.74, 6) is 1.25. The van der Waals surface area contributed by atoms with E-state index < -0.39 is 0 Å². The maximum Gasteiger partial charge on any atom is 0.123 e. The first-order chi connectivity index (χ1) is 7.81. The summed E-state index contributed by atoms with van der Waals surface area (Å²) in [4.78, 5) is 13.2. The van der Waals surface area contributed by atoms with Crippen molar-refractivity contribution in [2.45, 2.75) is 58.4 Å². The highest BCUT2D eigenvalue weighted by molar-refractivity contribution is 5.53. The van der Waals surface area contributed by atoms with Gasteiger partial charge in [-0.15, -0.1) is 0 Å². The van der Waals surface area contributed by atoms with Gasteiger partial charge in [0.25, 0.3) is 0 Å². The van der Waals surface area contributed by atoms with E-state index in [-0.39, 0.29) is 0 Å². The minimum atomic E-state index is 0.373. The van der Waals surface area contributed by atoms with Crippen molar-refractivity contribution in [1.29, 1.82) is 0 Å². The molecule has 0 aromatic heterocycles. The molecule has 2 rings (SSSR count). The first kappa shape index (κ1) is 13.7. The van der Waals surface area contributed by atoms with Gasteiger partial charge in [0.2, 0.25) is 0 Å². The third-order valence-electron chi connectivity index (χ3n) is 4.13. The van der Waals surface area contributed by atoms with Gasteiger partial charge >= 0.3 is 0 Å². The number of rotatable bonds is 2. The van der Waals surface area contributed by atoms with E-state index in [1.807, 2.05) is 13.8 Å². The number of carbonyl (C=O) groups is 1. The van der Waals surface area contributed by atoms with E-state index in [1.54, 1.807) is 0 Å². The van der Waals surface area contributed by atoms with Gasteiger partial charge in [0.15, 0.2) is 0 Å². The lowest BCUT2D eigenvalue weighted by Gasteiger charge is -2.33. The largest absolute Gasteiger partial charge is 0.303 e. The summed E-state index contributed by atoms with van der Waals surface area (Å²) >= 11 is 0. The molecule has 0 spiro atoms. The van der Waals surface area contributed by atoms with Crippen molar-refractivity contribution < 1.29 is 4.79 Å². The average Bonchev–Trinajstić information content (AvgIpc) is 2.78. The van der Waals surface area contributed by atoms with Crippen LogP contribution in [0, 0.1) is 11.8 Å². The van der Waals surface area contributed by atoms with Crippen LogP contribution in [0.5, 0.6) is 0 Å². The molecule has 0 aromatic rings. The van der Waals surface area contributed by atoms with Crippen LogP contribution in [0.1, 0.15) is 52.4 Å². The predicted molar refractivity (Wildman–Crippen MR) is 68.5 cm³/mol. The number of likely N-dealkylation sites (tertiary alicyclic amines) is 1. The van der Waals surface area contributed by atoms with Crippen LogP contribution in [0.25, 0.3) is 0 Å². The summed E-state index contributed by atoms with van der Waals surface area (Å²) in [6, 6.07) is 0.822. The molecule has 0 radical (unpaired) electrons. The number of aldehydes is 1. The van der Waals surface area contributed by atoms with Crippen LogP contribution >= 0.6 is 0 Å². The maximum absolute atomic E-state index is 10.6. The lowest BCUT2D eigenvalue weighted by atomic mass is 9.78. The molecule has 1 saturated carbocycles. The quantitative estimate of drug-likeness (QED) is 0.673. The fourth-order valence-corrected chi connectivity index (χ4v) is 3.20. The number of hydrogen-bond donors (Lipinski definition) is 0. The Morgan fingerprint density at radius 2 is 1.69 bits per heavy atom. The summed E-state index contributed by atoms with van der Waals surface area (Å²) in [6.07, 6.45) is 8.74. The Kier molecular flexibility index (Phi) is 6.04. The summed E-state index contributed by atoms with van der Waals surface area (Å²) in [5, 5.41) is 0. The minimum absolute atomic E-state index is 0.373. The molecule has 1 aliphatic heterocycles. The van der Waals surface area contributed by atoms with E-state index >= 15 is 0 Å². The van der Waals surface area contributed by atoms with Gasteiger partial charge in [0, 0.05) is 12.0 Å². The summed E-state index contributed by atoms with van der Waals surface area (Å²) in [7, 11) is 2.25. The standard InChI is InChI=1S/C12H21NO.C2H6/c1-13-8-2-3-12(13)11-6-4-10(9-14)5-7-11;1-2/h9-12H,2-8H2,1H3;1-2H3.